The van der Waals surface area contributed by atoms with Crippen LogP contribution in [0, 0.1) is 13.8 Å². The monoisotopic (exact) mass is 414 g/mol. The Morgan fingerprint density at radius 1 is 1.12 bits per heavy atom. The number of nitrogens with zero attached hydrogens (tertiary/aromatic N) is 1. The van der Waals surface area contributed by atoms with Crippen LogP contribution in [-0.4, -0.2) is 26.6 Å². The van der Waals surface area contributed by atoms with E-state index in [-0.39, 0.29) is 5.02 Å². The van der Waals surface area contributed by atoms with E-state index in [2.05, 4.69) is 5.32 Å². The van der Waals surface area contributed by atoms with Gasteiger partial charge >= 0.3 is 0 Å². The minimum absolute atomic E-state index is 0.274. The lowest BCUT2D eigenvalue weighted by Crippen LogP contribution is -2.45. The number of carbonyl (C=O) groups excluding carboxylic acids is 1. The van der Waals surface area contributed by atoms with E-state index in [1.807, 2.05) is 19.1 Å². The zero-order valence-corrected chi connectivity index (χ0v) is 17.2. The molecule has 2 aromatic carbocycles. The van der Waals surface area contributed by atoms with Crippen molar-refractivity contribution in [2.45, 2.75) is 26.8 Å². The van der Waals surface area contributed by atoms with Crippen LogP contribution in [0.25, 0.3) is 0 Å². The summed E-state index contributed by atoms with van der Waals surface area (Å²) in [5.41, 5.74) is 2.48. The van der Waals surface area contributed by atoms with E-state index in [4.69, 9.17) is 23.2 Å². The van der Waals surface area contributed by atoms with Crippen molar-refractivity contribution in [3.05, 3.63) is 57.6 Å². The Kier molecular flexibility index (Phi) is 6.21. The van der Waals surface area contributed by atoms with Crippen LogP contribution in [0.3, 0.4) is 0 Å². The second-order valence-corrected chi connectivity index (χ2v) is 8.84. The van der Waals surface area contributed by atoms with Gasteiger partial charge in [-0.1, -0.05) is 35.3 Å². The van der Waals surface area contributed by atoms with Crippen LogP contribution in [0.4, 0.5) is 11.4 Å². The molecule has 0 radical (unpaired) electrons. The standard InChI is InChI=1S/C18H20Cl2N2O3S/c1-11-5-6-12(2)17(9-11)22(26(4,24)25)13(3)18(23)21-16-8-7-14(19)10-15(16)20/h5-10,13H,1-4H3,(H,21,23)/t13-/m1/s1. The average Bonchev–Trinajstić information content (AvgIpc) is 2.52. The third-order valence-corrected chi connectivity index (χ3v) is 5.65. The fraction of sp³-hybridized carbons (Fsp3) is 0.278. The molecule has 0 unspecified atom stereocenters. The molecular formula is C18H20Cl2N2O3S. The maximum Gasteiger partial charge on any atom is 0.248 e. The third-order valence-electron chi connectivity index (χ3n) is 3.88. The summed E-state index contributed by atoms with van der Waals surface area (Å²) in [4.78, 5) is 12.7. The number of sulfonamides is 1. The number of hydrogen-bond donors (Lipinski definition) is 1. The molecular weight excluding hydrogens is 395 g/mol. The summed E-state index contributed by atoms with van der Waals surface area (Å²) >= 11 is 11.9. The van der Waals surface area contributed by atoms with E-state index in [1.165, 1.54) is 13.0 Å². The molecule has 0 saturated carbocycles. The Labute approximate surface area is 164 Å². The zero-order chi connectivity index (χ0) is 19.6. The van der Waals surface area contributed by atoms with Crippen molar-refractivity contribution < 1.29 is 13.2 Å². The van der Waals surface area contributed by atoms with E-state index in [0.717, 1.165) is 21.7 Å². The highest BCUT2D eigenvalue weighted by Crippen LogP contribution is 2.28. The molecule has 140 valence electrons. The van der Waals surface area contributed by atoms with Gasteiger partial charge in [-0.2, -0.15) is 0 Å². The largest absolute Gasteiger partial charge is 0.323 e. The number of rotatable bonds is 5. The number of nitrogens with one attached hydrogen (secondary N) is 1. The van der Waals surface area contributed by atoms with Crippen LogP contribution < -0.4 is 9.62 Å². The minimum Gasteiger partial charge on any atom is -0.323 e. The minimum atomic E-state index is -3.69. The van der Waals surface area contributed by atoms with Gasteiger partial charge in [0.1, 0.15) is 6.04 Å². The Balaban J connectivity index is 2.39. The number of hydrogen-bond acceptors (Lipinski definition) is 3. The van der Waals surface area contributed by atoms with Crippen molar-refractivity contribution in [1.82, 2.24) is 0 Å². The van der Waals surface area contributed by atoms with Crippen molar-refractivity contribution in [2.75, 3.05) is 15.9 Å². The Bertz CT molecular complexity index is 945. The molecule has 2 rings (SSSR count). The van der Waals surface area contributed by atoms with E-state index < -0.39 is 22.0 Å². The number of halogens is 2. The summed E-state index contributed by atoms with van der Waals surface area (Å²) < 4.78 is 25.9. The molecule has 0 aromatic heterocycles. The number of amides is 1. The predicted octanol–water partition coefficient (Wildman–Crippen LogP) is 4.40. The molecule has 5 nitrogen and oxygen atoms in total. The lowest BCUT2D eigenvalue weighted by Gasteiger charge is -2.29. The Hall–Kier alpha value is -1.76. The Morgan fingerprint density at radius 3 is 2.35 bits per heavy atom. The number of aryl methyl sites for hydroxylation is 2. The number of benzene rings is 2. The lowest BCUT2D eigenvalue weighted by atomic mass is 10.1. The highest BCUT2D eigenvalue weighted by Gasteiger charge is 2.30. The third kappa shape index (κ3) is 4.69. The van der Waals surface area contributed by atoms with E-state index in [1.54, 1.807) is 25.1 Å². The number of carbonyl (C=O) groups is 1. The summed E-state index contributed by atoms with van der Waals surface area (Å²) in [6.07, 6.45) is 1.08. The van der Waals surface area contributed by atoms with Crippen molar-refractivity contribution in [3.8, 4) is 0 Å². The van der Waals surface area contributed by atoms with Crippen molar-refractivity contribution in [3.63, 3.8) is 0 Å². The average molecular weight is 415 g/mol. The first-order chi connectivity index (χ1) is 12.0. The van der Waals surface area contributed by atoms with Gasteiger partial charge in [0.2, 0.25) is 15.9 Å². The molecule has 0 spiro atoms. The second-order valence-electron chi connectivity index (χ2n) is 6.14. The molecule has 1 N–H and O–H groups in total. The summed E-state index contributed by atoms with van der Waals surface area (Å²) in [5.74, 6) is -0.499. The molecule has 0 aliphatic carbocycles. The van der Waals surface area contributed by atoms with Gasteiger partial charge in [-0.05, 0) is 56.2 Å². The highest BCUT2D eigenvalue weighted by atomic mass is 35.5. The van der Waals surface area contributed by atoms with E-state index >= 15 is 0 Å². The maximum atomic E-state index is 12.7. The van der Waals surface area contributed by atoms with Crippen LogP contribution in [0.5, 0.6) is 0 Å². The van der Waals surface area contributed by atoms with Crippen molar-refractivity contribution >= 4 is 50.5 Å². The summed E-state index contributed by atoms with van der Waals surface area (Å²) in [6, 6.07) is 9.14. The van der Waals surface area contributed by atoms with Crippen molar-refractivity contribution in [1.29, 1.82) is 0 Å². The summed E-state index contributed by atoms with van der Waals surface area (Å²) in [6.45, 7) is 5.19. The molecule has 8 heteroatoms. The SMILES string of the molecule is Cc1ccc(C)c(N([C@H](C)C(=O)Nc2ccc(Cl)cc2Cl)S(C)(=O)=O)c1. The summed E-state index contributed by atoms with van der Waals surface area (Å²) in [7, 11) is -3.69. The van der Waals surface area contributed by atoms with Gasteiger partial charge in [-0.15, -0.1) is 0 Å². The molecule has 0 aliphatic rings. The zero-order valence-electron chi connectivity index (χ0n) is 14.9. The predicted molar refractivity (Wildman–Crippen MR) is 108 cm³/mol. The quantitative estimate of drug-likeness (QED) is 0.787. The molecule has 2 aromatic rings. The van der Waals surface area contributed by atoms with Crippen LogP contribution in [0.15, 0.2) is 36.4 Å². The molecule has 0 heterocycles. The maximum absolute atomic E-state index is 12.7. The molecule has 0 fully saturated rings. The van der Waals surface area contributed by atoms with Gasteiger partial charge in [0.05, 0.1) is 22.7 Å². The van der Waals surface area contributed by atoms with E-state index in [9.17, 15) is 13.2 Å². The fourth-order valence-corrected chi connectivity index (χ4v) is 4.25. The first-order valence-corrected chi connectivity index (χ1v) is 10.4. The van der Waals surface area contributed by atoms with Gasteiger partial charge in [-0.25, -0.2) is 8.42 Å². The highest BCUT2D eigenvalue weighted by molar-refractivity contribution is 7.92. The molecule has 1 atom stereocenters. The fourth-order valence-electron chi connectivity index (χ4n) is 2.57. The number of anilines is 2. The van der Waals surface area contributed by atoms with Gasteiger partial charge in [0, 0.05) is 5.02 Å². The van der Waals surface area contributed by atoms with Crippen LogP contribution >= 0.6 is 23.2 Å². The first kappa shape index (κ1) is 20.6. The van der Waals surface area contributed by atoms with Gasteiger partial charge in [-0.3, -0.25) is 9.10 Å². The molecule has 0 bridgehead atoms. The van der Waals surface area contributed by atoms with Crippen molar-refractivity contribution in [2.24, 2.45) is 0 Å². The second kappa shape index (κ2) is 7.86. The summed E-state index contributed by atoms with van der Waals surface area (Å²) in [5, 5.41) is 3.37. The molecule has 0 saturated heterocycles. The van der Waals surface area contributed by atoms with Gasteiger partial charge in [0.25, 0.3) is 0 Å². The smallest absolute Gasteiger partial charge is 0.248 e. The lowest BCUT2D eigenvalue weighted by molar-refractivity contribution is -0.116. The molecule has 1 amide bonds. The molecule has 0 aliphatic heterocycles. The van der Waals surface area contributed by atoms with Gasteiger partial charge in [0.15, 0.2) is 0 Å². The van der Waals surface area contributed by atoms with E-state index in [0.29, 0.717) is 16.4 Å². The van der Waals surface area contributed by atoms with Gasteiger partial charge < -0.3 is 5.32 Å². The Morgan fingerprint density at radius 2 is 1.77 bits per heavy atom. The molecule has 26 heavy (non-hydrogen) atoms. The van der Waals surface area contributed by atoms with Crippen LogP contribution in [0.1, 0.15) is 18.1 Å². The van der Waals surface area contributed by atoms with Crippen LogP contribution in [0.2, 0.25) is 10.0 Å². The van der Waals surface area contributed by atoms with Crippen LogP contribution in [-0.2, 0) is 14.8 Å². The normalized spacial score (nSPS) is 12.5. The topological polar surface area (TPSA) is 66.5 Å². The first-order valence-electron chi connectivity index (χ1n) is 7.83.